The molecule has 128 valence electrons. The highest BCUT2D eigenvalue weighted by atomic mass is 14.2. The molecule has 25 heavy (non-hydrogen) atoms. The minimum absolute atomic E-state index is 0.756. The van der Waals surface area contributed by atoms with Crippen LogP contribution in [-0.2, 0) is 19.3 Å². The molecule has 1 atom stereocenters. The van der Waals surface area contributed by atoms with Crippen molar-refractivity contribution in [3.8, 4) is 0 Å². The molecular formula is C25H28. The van der Waals surface area contributed by atoms with Gasteiger partial charge in [-0.1, -0.05) is 91.0 Å². The Morgan fingerprint density at radius 1 is 0.480 bits per heavy atom. The van der Waals surface area contributed by atoms with Crippen LogP contribution in [-0.4, -0.2) is 0 Å². The first kappa shape index (κ1) is 17.5. The molecule has 0 unspecified atom stereocenters. The summed E-state index contributed by atoms with van der Waals surface area (Å²) in [7, 11) is 0. The molecule has 3 rings (SSSR count). The molecule has 0 bridgehead atoms. The van der Waals surface area contributed by atoms with Crippen LogP contribution in [0.3, 0.4) is 0 Å². The van der Waals surface area contributed by atoms with Gasteiger partial charge in [0, 0.05) is 0 Å². The van der Waals surface area contributed by atoms with Crippen molar-refractivity contribution in [2.75, 3.05) is 0 Å². The topological polar surface area (TPSA) is 0 Å². The van der Waals surface area contributed by atoms with Crippen LogP contribution in [0, 0.1) is 5.92 Å². The number of hydrogen-bond acceptors (Lipinski definition) is 0. The fourth-order valence-corrected chi connectivity index (χ4v) is 3.55. The summed E-state index contributed by atoms with van der Waals surface area (Å²) in [6.45, 7) is 0. The van der Waals surface area contributed by atoms with E-state index >= 15 is 0 Å². The molecule has 0 nitrogen and oxygen atoms in total. The predicted octanol–water partition coefficient (Wildman–Crippen LogP) is 6.50. The fourth-order valence-electron chi connectivity index (χ4n) is 3.55. The zero-order chi connectivity index (χ0) is 17.2. The molecule has 0 spiro atoms. The predicted molar refractivity (Wildman–Crippen MR) is 108 cm³/mol. The van der Waals surface area contributed by atoms with E-state index in [0.717, 1.165) is 5.92 Å². The molecule has 3 aromatic rings. The summed E-state index contributed by atoms with van der Waals surface area (Å²) in [6, 6.07) is 32.8. The Kier molecular flexibility index (Phi) is 6.88. The maximum absolute atomic E-state index is 2.27. The van der Waals surface area contributed by atoms with Gasteiger partial charge in [-0.05, 0) is 61.1 Å². The Balaban J connectivity index is 1.55. The summed E-state index contributed by atoms with van der Waals surface area (Å²) in [5.41, 5.74) is 4.40. The summed E-state index contributed by atoms with van der Waals surface area (Å²) in [5, 5.41) is 0. The van der Waals surface area contributed by atoms with Gasteiger partial charge >= 0.3 is 0 Å². The van der Waals surface area contributed by atoms with E-state index in [1.165, 1.54) is 55.2 Å². The van der Waals surface area contributed by atoms with Crippen molar-refractivity contribution in [3.05, 3.63) is 108 Å². The minimum Gasteiger partial charge on any atom is -0.0622 e. The van der Waals surface area contributed by atoms with Gasteiger partial charge in [0.25, 0.3) is 0 Å². The standard InChI is InChI=1S/C25H28/c1-4-11-22(12-5-1)17-10-18-25(21-24-15-8-3-9-16-24)20-19-23-13-6-2-7-14-23/h1-9,11-16,25H,10,17-21H2/t25-/m1/s1. The first-order valence-electron chi connectivity index (χ1n) is 9.52. The van der Waals surface area contributed by atoms with Crippen LogP contribution in [0.15, 0.2) is 91.0 Å². The Morgan fingerprint density at radius 3 is 1.52 bits per heavy atom. The smallest absolute Gasteiger partial charge is 0.0250 e. The fraction of sp³-hybridized carbons (Fsp3) is 0.280. The molecule has 0 N–H and O–H groups in total. The Morgan fingerprint density at radius 2 is 0.960 bits per heavy atom. The highest BCUT2D eigenvalue weighted by Crippen LogP contribution is 2.21. The third kappa shape index (κ3) is 6.23. The molecular weight excluding hydrogens is 300 g/mol. The number of hydrogen-bond donors (Lipinski definition) is 0. The van der Waals surface area contributed by atoms with Gasteiger partial charge in [-0.15, -0.1) is 0 Å². The lowest BCUT2D eigenvalue weighted by atomic mass is 9.88. The lowest BCUT2D eigenvalue weighted by Crippen LogP contribution is -2.07. The van der Waals surface area contributed by atoms with Gasteiger partial charge in [-0.3, -0.25) is 0 Å². The van der Waals surface area contributed by atoms with Gasteiger partial charge in [0.05, 0.1) is 0 Å². The summed E-state index contributed by atoms with van der Waals surface area (Å²) < 4.78 is 0. The van der Waals surface area contributed by atoms with Crippen molar-refractivity contribution in [2.24, 2.45) is 5.92 Å². The first-order valence-corrected chi connectivity index (χ1v) is 9.52. The monoisotopic (exact) mass is 328 g/mol. The lowest BCUT2D eigenvalue weighted by molar-refractivity contribution is 0.434. The molecule has 0 aliphatic carbocycles. The molecule has 0 saturated carbocycles. The average molecular weight is 328 g/mol. The number of benzene rings is 3. The SMILES string of the molecule is c1ccc(CCC[C@H](CCc2ccccc2)Cc2ccccc2)cc1. The Hall–Kier alpha value is -2.34. The van der Waals surface area contributed by atoms with Gasteiger partial charge in [0.2, 0.25) is 0 Å². The molecule has 0 aromatic heterocycles. The third-order valence-electron chi connectivity index (χ3n) is 4.97. The molecule has 0 radical (unpaired) electrons. The normalized spacial score (nSPS) is 12.0. The van der Waals surface area contributed by atoms with E-state index in [9.17, 15) is 0 Å². The van der Waals surface area contributed by atoms with E-state index in [-0.39, 0.29) is 0 Å². The van der Waals surface area contributed by atoms with Crippen molar-refractivity contribution in [3.63, 3.8) is 0 Å². The maximum atomic E-state index is 2.27. The van der Waals surface area contributed by atoms with Crippen molar-refractivity contribution >= 4 is 0 Å². The molecule has 0 aliphatic rings. The zero-order valence-corrected chi connectivity index (χ0v) is 15.0. The van der Waals surface area contributed by atoms with Crippen molar-refractivity contribution in [2.45, 2.75) is 38.5 Å². The average Bonchev–Trinajstić information content (AvgIpc) is 2.68. The van der Waals surface area contributed by atoms with E-state index in [2.05, 4.69) is 91.0 Å². The van der Waals surface area contributed by atoms with E-state index in [1.807, 2.05) is 0 Å². The highest BCUT2D eigenvalue weighted by Gasteiger charge is 2.10. The minimum atomic E-state index is 0.756. The lowest BCUT2D eigenvalue weighted by Gasteiger charge is -2.17. The molecule has 0 aliphatic heterocycles. The Bertz CT molecular complexity index is 701. The number of rotatable bonds is 9. The largest absolute Gasteiger partial charge is 0.0622 e. The quantitative estimate of drug-likeness (QED) is 0.420. The van der Waals surface area contributed by atoms with Crippen molar-refractivity contribution in [1.82, 2.24) is 0 Å². The summed E-state index contributed by atoms with van der Waals surface area (Å²) in [5.74, 6) is 0.756. The second-order valence-corrected chi connectivity index (χ2v) is 6.96. The van der Waals surface area contributed by atoms with Gasteiger partial charge in [0.15, 0.2) is 0 Å². The first-order chi connectivity index (χ1) is 12.4. The second kappa shape index (κ2) is 9.84. The molecule has 0 amide bonds. The van der Waals surface area contributed by atoms with Crippen LogP contribution in [0.1, 0.15) is 36.0 Å². The van der Waals surface area contributed by atoms with Crippen LogP contribution in [0.4, 0.5) is 0 Å². The van der Waals surface area contributed by atoms with Gasteiger partial charge in [-0.25, -0.2) is 0 Å². The summed E-state index contributed by atoms with van der Waals surface area (Å²) in [6.07, 6.45) is 7.42. The van der Waals surface area contributed by atoms with Crippen molar-refractivity contribution < 1.29 is 0 Å². The van der Waals surface area contributed by atoms with Crippen LogP contribution >= 0.6 is 0 Å². The Labute approximate surface area is 152 Å². The van der Waals surface area contributed by atoms with Crippen LogP contribution in [0.2, 0.25) is 0 Å². The molecule has 0 saturated heterocycles. The van der Waals surface area contributed by atoms with Crippen LogP contribution < -0.4 is 0 Å². The van der Waals surface area contributed by atoms with E-state index < -0.39 is 0 Å². The third-order valence-corrected chi connectivity index (χ3v) is 4.97. The zero-order valence-electron chi connectivity index (χ0n) is 15.0. The van der Waals surface area contributed by atoms with E-state index in [0.29, 0.717) is 0 Å². The van der Waals surface area contributed by atoms with Crippen LogP contribution in [0.25, 0.3) is 0 Å². The number of aryl methyl sites for hydroxylation is 2. The highest BCUT2D eigenvalue weighted by molar-refractivity contribution is 5.17. The van der Waals surface area contributed by atoms with E-state index in [1.54, 1.807) is 0 Å². The van der Waals surface area contributed by atoms with Gasteiger partial charge < -0.3 is 0 Å². The molecule has 0 heteroatoms. The van der Waals surface area contributed by atoms with Gasteiger partial charge in [0.1, 0.15) is 0 Å². The van der Waals surface area contributed by atoms with Crippen molar-refractivity contribution in [1.29, 1.82) is 0 Å². The van der Waals surface area contributed by atoms with Crippen LogP contribution in [0.5, 0.6) is 0 Å². The summed E-state index contributed by atoms with van der Waals surface area (Å²) in [4.78, 5) is 0. The van der Waals surface area contributed by atoms with Gasteiger partial charge in [-0.2, -0.15) is 0 Å². The molecule has 0 fully saturated rings. The molecule has 0 heterocycles. The maximum Gasteiger partial charge on any atom is -0.0250 e. The molecule has 3 aromatic carbocycles. The second-order valence-electron chi connectivity index (χ2n) is 6.96. The van der Waals surface area contributed by atoms with E-state index in [4.69, 9.17) is 0 Å². The summed E-state index contributed by atoms with van der Waals surface area (Å²) >= 11 is 0.